The summed E-state index contributed by atoms with van der Waals surface area (Å²) < 4.78 is 68.3. The van der Waals surface area contributed by atoms with Crippen LogP contribution in [0, 0.1) is 23.7 Å². The van der Waals surface area contributed by atoms with Crippen LogP contribution in [-0.4, -0.2) is 96.7 Å². The number of ether oxygens (including phenoxy) is 4. The van der Waals surface area contributed by atoms with E-state index < -0.39 is 97.5 Å². The van der Waals surface area contributed by atoms with Crippen molar-refractivity contribution >= 4 is 39.5 Å². The Labute approximate surface area is 556 Å². The molecule has 17 nitrogen and oxygen atoms in total. The number of carbonyl (C=O) groups is 4. The van der Waals surface area contributed by atoms with Crippen molar-refractivity contribution in [3.8, 4) is 0 Å². The second kappa shape index (κ2) is 61.6. The fourth-order valence-electron chi connectivity index (χ4n) is 10.8. The van der Waals surface area contributed by atoms with Gasteiger partial charge in [0.1, 0.15) is 19.3 Å². The van der Waals surface area contributed by atoms with E-state index in [9.17, 15) is 43.2 Å². The van der Waals surface area contributed by atoms with Gasteiger partial charge in [-0.05, 0) is 49.4 Å². The van der Waals surface area contributed by atoms with Crippen molar-refractivity contribution in [2.75, 3.05) is 39.6 Å². The molecule has 3 N–H and O–H groups in total. The Morgan fingerprint density at radius 3 is 0.681 bits per heavy atom. The highest BCUT2D eigenvalue weighted by atomic mass is 31.2. The monoisotopic (exact) mass is 1340 g/mol. The highest BCUT2D eigenvalue weighted by Gasteiger charge is 2.30. The number of hydrogen-bond acceptors (Lipinski definition) is 15. The summed E-state index contributed by atoms with van der Waals surface area (Å²) in [7, 11) is -9.90. The zero-order chi connectivity index (χ0) is 67.5. The van der Waals surface area contributed by atoms with Gasteiger partial charge >= 0.3 is 39.5 Å². The van der Waals surface area contributed by atoms with Crippen molar-refractivity contribution in [3.63, 3.8) is 0 Å². The van der Waals surface area contributed by atoms with Crippen molar-refractivity contribution in [3.05, 3.63) is 0 Å². The van der Waals surface area contributed by atoms with Gasteiger partial charge < -0.3 is 33.8 Å². The van der Waals surface area contributed by atoms with Gasteiger partial charge in [-0.15, -0.1) is 0 Å². The van der Waals surface area contributed by atoms with Crippen LogP contribution in [0.2, 0.25) is 0 Å². The minimum absolute atomic E-state index is 0.101. The quantitative estimate of drug-likeness (QED) is 0.0222. The molecule has 0 aliphatic rings. The van der Waals surface area contributed by atoms with E-state index in [2.05, 4.69) is 55.4 Å². The first-order chi connectivity index (χ1) is 43.6. The van der Waals surface area contributed by atoms with Gasteiger partial charge in [0.05, 0.1) is 26.4 Å². The van der Waals surface area contributed by atoms with Crippen LogP contribution in [0.4, 0.5) is 0 Å². The average molecular weight is 1340 g/mol. The largest absolute Gasteiger partial charge is 0.472 e. The molecule has 0 fully saturated rings. The number of aliphatic hydroxyl groups is 1. The lowest BCUT2D eigenvalue weighted by molar-refractivity contribution is -0.161. The van der Waals surface area contributed by atoms with Crippen LogP contribution in [0.15, 0.2) is 0 Å². The van der Waals surface area contributed by atoms with Crippen molar-refractivity contribution in [2.24, 2.45) is 23.7 Å². The topological polar surface area (TPSA) is 237 Å². The number of hydrogen-bond donors (Lipinski definition) is 3. The molecule has 0 rings (SSSR count). The van der Waals surface area contributed by atoms with Crippen molar-refractivity contribution in [1.29, 1.82) is 0 Å². The van der Waals surface area contributed by atoms with E-state index in [1.807, 2.05) is 0 Å². The molecule has 0 aliphatic carbocycles. The molecular formula is C72H140O17P2. The standard InChI is InChI=1S/C72H140O17P2/c1-62(2)48-40-32-24-20-16-12-9-10-14-19-23-27-38-46-54-71(76)88-67(58-82-69(74)52-44-36-26-22-18-15-11-13-17-21-25-33-41-49-63(3)4)60-86-90(78,79)84-56-66(73)57-85-91(80,81)87-61-68(89-72(77)55-47-39-31-29-35-43-51-65(7)8)59-83-70(75)53-45-37-30-28-34-42-50-64(5)6/h62-68,73H,9-61H2,1-8H3,(H,78,79)(H,80,81)/t66-,67-,68-/m1/s1. The molecule has 0 heterocycles. The minimum atomic E-state index is -4.95. The lowest BCUT2D eigenvalue weighted by Crippen LogP contribution is -2.30. The maximum Gasteiger partial charge on any atom is 0.472 e. The highest BCUT2D eigenvalue weighted by molar-refractivity contribution is 7.47. The third-order valence-corrected chi connectivity index (χ3v) is 18.5. The molecule has 0 bridgehead atoms. The second-order valence-electron chi connectivity index (χ2n) is 27.9. The van der Waals surface area contributed by atoms with E-state index in [1.165, 1.54) is 154 Å². The molecular weight excluding hydrogens is 1200 g/mol. The number of esters is 4. The Bertz CT molecular complexity index is 1800. The van der Waals surface area contributed by atoms with Crippen LogP contribution in [0.5, 0.6) is 0 Å². The van der Waals surface area contributed by atoms with Gasteiger partial charge in [-0.1, -0.05) is 306 Å². The summed E-state index contributed by atoms with van der Waals surface area (Å²) in [5.74, 6) is 0.803. The van der Waals surface area contributed by atoms with Gasteiger partial charge in [0, 0.05) is 25.7 Å². The van der Waals surface area contributed by atoms with E-state index >= 15 is 0 Å². The van der Waals surface area contributed by atoms with Gasteiger partial charge in [0.25, 0.3) is 0 Å². The predicted octanol–water partition coefficient (Wildman–Crippen LogP) is 20.5. The van der Waals surface area contributed by atoms with E-state index in [-0.39, 0.29) is 25.7 Å². The molecule has 0 aromatic heterocycles. The summed E-state index contributed by atoms with van der Waals surface area (Å²) in [5, 5.41) is 10.6. The molecule has 0 saturated carbocycles. The average Bonchev–Trinajstić information content (AvgIpc) is 3.70. The molecule has 0 radical (unpaired) electrons. The fourth-order valence-corrected chi connectivity index (χ4v) is 12.4. The first-order valence-corrected chi connectivity index (χ1v) is 40.2. The summed E-state index contributed by atoms with van der Waals surface area (Å²) in [4.78, 5) is 72.5. The molecule has 19 heteroatoms. The third kappa shape index (κ3) is 66.5. The summed E-state index contributed by atoms with van der Waals surface area (Å²) in [6, 6.07) is 0. The lowest BCUT2D eigenvalue weighted by Gasteiger charge is -2.21. The summed E-state index contributed by atoms with van der Waals surface area (Å²) in [6.07, 6.45) is 44.8. The van der Waals surface area contributed by atoms with Gasteiger partial charge in [-0.25, -0.2) is 9.13 Å². The number of carbonyl (C=O) groups excluding carboxylic acids is 4. The first-order valence-electron chi connectivity index (χ1n) is 37.2. The van der Waals surface area contributed by atoms with E-state index in [0.717, 1.165) is 108 Å². The van der Waals surface area contributed by atoms with Crippen LogP contribution in [0.1, 0.15) is 357 Å². The molecule has 0 saturated heterocycles. The zero-order valence-corrected chi connectivity index (χ0v) is 61.3. The molecule has 91 heavy (non-hydrogen) atoms. The first kappa shape index (κ1) is 89.1. The predicted molar refractivity (Wildman–Crippen MR) is 367 cm³/mol. The van der Waals surface area contributed by atoms with Crippen LogP contribution in [-0.2, 0) is 65.4 Å². The van der Waals surface area contributed by atoms with E-state index in [0.29, 0.717) is 37.5 Å². The normalized spacial score (nSPS) is 14.2. The molecule has 0 aliphatic heterocycles. The smallest absolute Gasteiger partial charge is 0.462 e. The van der Waals surface area contributed by atoms with E-state index in [1.54, 1.807) is 0 Å². The molecule has 5 atom stereocenters. The lowest BCUT2D eigenvalue weighted by atomic mass is 10.0. The number of rotatable bonds is 69. The Morgan fingerprint density at radius 1 is 0.275 bits per heavy atom. The maximum absolute atomic E-state index is 13.0. The Hall–Kier alpha value is -1.94. The van der Waals surface area contributed by atoms with Crippen molar-refractivity contribution in [2.45, 2.75) is 375 Å². The maximum atomic E-state index is 13.0. The van der Waals surface area contributed by atoms with Crippen molar-refractivity contribution in [1.82, 2.24) is 0 Å². The molecule has 0 spiro atoms. The van der Waals surface area contributed by atoms with Crippen LogP contribution >= 0.6 is 15.6 Å². The second-order valence-corrected chi connectivity index (χ2v) is 30.8. The molecule has 0 aromatic rings. The summed E-state index contributed by atoms with van der Waals surface area (Å²) in [6.45, 7) is 14.0. The van der Waals surface area contributed by atoms with E-state index in [4.69, 9.17) is 37.0 Å². The Balaban J connectivity index is 5.22. The van der Waals surface area contributed by atoms with Crippen LogP contribution in [0.25, 0.3) is 0 Å². The third-order valence-electron chi connectivity index (χ3n) is 16.6. The number of aliphatic hydroxyl groups excluding tert-OH is 1. The fraction of sp³-hybridized carbons (Fsp3) is 0.944. The molecule has 2 unspecified atom stereocenters. The highest BCUT2D eigenvalue weighted by Crippen LogP contribution is 2.45. The summed E-state index contributed by atoms with van der Waals surface area (Å²) >= 11 is 0. The molecule has 540 valence electrons. The Kier molecular flexibility index (Phi) is 60.3. The minimum Gasteiger partial charge on any atom is -0.462 e. The van der Waals surface area contributed by atoms with Gasteiger partial charge in [0.2, 0.25) is 0 Å². The Morgan fingerprint density at radius 2 is 0.462 bits per heavy atom. The SMILES string of the molecule is CC(C)CCCCCCCCCCCCCCCCC(=O)O[C@H](COC(=O)CCCCCCCCCCCCCCCC(C)C)COP(=O)(O)OC[C@@H](O)COP(=O)(O)OC[C@@H](COC(=O)CCCCCCCCC(C)C)OC(=O)CCCCCCCCC(C)C. The number of unbranched alkanes of at least 4 members (excludes halogenated alkanes) is 35. The zero-order valence-electron chi connectivity index (χ0n) is 59.5. The van der Waals surface area contributed by atoms with Crippen LogP contribution < -0.4 is 0 Å². The summed E-state index contributed by atoms with van der Waals surface area (Å²) in [5.41, 5.74) is 0. The molecule has 0 amide bonds. The van der Waals surface area contributed by atoms with Gasteiger partial charge in [-0.2, -0.15) is 0 Å². The van der Waals surface area contributed by atoms with Gasteiger partial charge in [-0.3, -0.25) is 37.3 Å². The van der Waals surface area contributed by atoms with Gasteiger partial charge in [0.15, 0.2) is 12.2 Å². The number of phosphoric ester groups is 2. The number of phosphoric acid groups is 2. The molecule has 0 aromatic carbocycles. The van der Waals surface area contributed by atoms with Crippen molar-refractivity contribution < 1.29 is 80.2 Å². The van der Waals surface area contributed by atoms with Crippen LogP contribution in [0.3, 0.4) is 0 Å².